The number of carbonyl (C=O) groups excluding carboxylic acids is 1. The molecule has 0 aliphatic carbocycles. The van der Waals surface area contributed by atoms with Gasteiger partial charge < -0.3 is 10.1 Å². The summed E-state index contributed by atoms with van der Waals surface area (Å²) >= 11 is 1.40. The van der Waals surface area contributed by atoms with Crippen molar-refractivity contribution in [3.8, 4) is 28.5 Å². The Labute approximate surface area is 249 Å². The Hall–Kier alpha value is -4.97. The third kappa shape index (κ3) is 7.09. The van der Waals surface area contributed by atoms with Crippen LogP contribution < -0.4 is 14.9 Å². The summed E-state index contributed by atoms with van der Waals surface area (Å²) in [6, 6.07) is 16.4. The predicted molar refractivity (Wildman–Crippen MR) is 159 cm³/mol. The molecule has 2 amide bonds. The zero-order chi connectivity index (χ0) is 30.7. The average Bonchev–Trinajstić information content (AvgIpc) is 3.56. The fraction of sp³-hybridized carbons (Fsp3) is 0.161. The van der Waals surface area contributed by atoms with E-state index < -0.39 is 12.4 Å². The van der Waals surface area contributed by atoms with Crippen LogP contribution in [0, 0.1) is 27.7 Å². The van der Waals surface area contributed by atoms with Gasteiger partial charge in [0.15, 0.2) is 10.6 Å². The second-order valence-electron chi connectivity index (χ2n) is 9.81. The molecule has 3 aromatic carbocycles. The number of ether oxygens (including phenoxy) is 1. The third-order valence-corrected chi connectivity index (χ3v) is 7.36. The van der Waals surface area contributed by atoms with Crippen LogP contribution in [0.4, 0.5) is 18.0 Å². The van der Waals surface area contributed by atoms with E-state index in [4.69, 9.17) is 0 Å². The molecule has 2 aromatic heterocycles. The number of benzene rings is 3. The van der Waals surface area contributed by atoms with Gasteiger partial charge in [-0.15, -0.1) is 29.6 Å². The molecule has 0 bridgehead atoms. The Morgan fingerprint density at radius 1 is 1.00 bits per heavy atom. The number of aryl methyl sites for hydroxylation is 4. The van der Waals surface area contributed by atoms with E-state index in [2.05, 4.69) is 58.0 Å². The molecular weight excluding hydrogens is 577 g/mol. The Kier molecular flexibility index (Phi) is 8.31. The number of alkyl halides is 3. The Bertz CT molecular complexity index is 1840. The quantitative estimate of drug-likeness (QED) is 0.222. The lowest BCUT2D eigenvalue weighted by Gasteiger charge is -2.14. The van der Waals surface area contributed by atoms with Crippen LogP contribution in [0.15, 0.2) is 83.6 Å². The molecule has 0 aliphatic rings. The number of nitrogens with zero attached hydrogens (tertiary/aromatic N) is 5. The molecule has 0 saturated heterocycles. The number of rotatable bonds is 6. The van der Waals surface area contributed by atoms with Crippen LogP contribution in [0.3, 0.4) is 0 Å². The van der Waals surface area contributed by atoms with E-state index in [-0.39, 0.29) is 5.75 Å². The zero-order valence-electron chi connectivity index (χ0n) is 23.7. The number of carbonyl (C=O) groups is 1. The van der Waals surface area contributed by atoms with Gasteiger partial charge in [-0.2, -0.15) is 4.99 Å². The molecule has 0 aliphatic heterocycles. The van der Waals surface area contributed by atoms with Gasteiger partial charge in [0.2, 0.25) is 0 Å². The molecule has 220 valence electrons. The molecule has 0 radical (unpaired) electrons. The number of nitrogens with one attached hydrogen (secondary N) is 1. The first-order valence-electron chi connectivity index (χ1n) is 13.1. The SMILES string of the molecule is Cc1cc(C)c(-n2c(C)cs/c2=N\C(=O)N/C=C/c2ccc(-c3ncn(-c4ccc(OC(F)(F)F)cc4)n3)cc2)c(C)c1. The first-order valence-corrected chi connectivity index (χ1v) is 14.0. The van der Waals surface area contributed by atoms with Gasteiger partial charge in [0.05, 0.1) is 11.4 Å². The number of amides is 2. The van der Waals surface area contributed by atoms with E-state index in [1.54, 1.807) is 6.08 Å². The zero-order valence-corrected chi connectivity index (χ0v) is 24.5. The van der Waals surface area contributed by atoms with E-state index in [9.17, 15) is 18.0 Å². The highest BCUT2D eigenvalue weighted by molar-refractivity contribution is 7.07. The standard InChI is InChI=1S/C31H27F3N6O2S/c1-19-15-20(2)27(21(3)16-19)40-22(4)17-43-30(40)37-29(41)35-14-13-23-5-7-24(8-6-23)28-36-18-39(38-28)25-9-11-26(12-10-25)42-31(32,33)34/h5-18H,1-4H3,(H,35,41)/b14-13+,37-30-. The van der Waals surface area contributed by atoms with Gasteiger partial charge in [-0.25, -0.2) is 14.5 Å². The number of halogens is 3. The lowest BCUT2D eigenvalue weighted by molar-refractivity contribution is -0.274. The average molecular weight is 605 g/mol. The molecule has 8 nitrogen and oxygen atoms in total. The molecule has 12 heteroatoms. The van der Waals surface area contributed by atoms with Gasteiger partial charge in [0, 0.05) is 22.8 Å². The molecular formula is C31H27F3N6O2S. The van der Waals surface area contributed by atoms with Crippen LogP contribution >= 0.6 is 11.3 Å². The summed E-state index contributed by atoms with van der Waals surface area (Å²) in [6.45, 7) is 8.16. The van der Waals surface area contributed by atoms with Crippen molar-refractivity contribution < 1.29 is 22.7 Å². The second-order valence-corrected chi connectivity index (χ2v) is 10.7. The molecule has 2 heterocycles. The lowest BCUT2D eigenvalue weighted by atomic mass is 10.0. The van der Waals surface area contributed by atoms with Crippen molar-refractivity contribution in [2.75, 3.05) is 0 Å². The maximum atomic E-state index is 12.6. The van der Waals surface area contributed by atoms with Crippen LogP contribution in [0.2, 0.25) is 0 Å². The van der Waals surface area contributed by atoms with Crippen molar-refractivity contribution in [1.82, 2.24) is 24.6 Å². The van der Waals surface area contributed by atoms with Gasteiger partial charge in [0.1, 0.15) is 12.1 Å². The summed E-state index contributed by atoms with van der Waals surface area (Å²) in [5, 5.41) is 9.08. The number of thiazole rings is 1. The molecule has 5 rings (SSSR count). The Morgan fingerprint density at radius 2 is 1.67 bits per heavy atom. The van der Waals surface area contributed by atoms with Crippen molar-refractivity contribution in [2.24, 2.45) is 4.99 Å². The molecule has 0 atom stereocenters. The van der Waals surface area contributed by atoms with Gasteiger partial charge in [-0.3, -0.25) is 4.57 Å². The molecule has 0 spiro atoms. The molecule has 5 aromatic rings. The fourth-order valence-electron chi connectivity index (χ4n) is 4.66. The predicted octanol–water partition coefficient (Wildman–Crippen LogP) is 7.20. The smallest absolute Gasteiger partial charge is 0.406 e. The topological polar surface area (TPSA) is 86.3 Å². The largest absolute Gasteiger partial charge is 0.573 e. The molecule has 0 saturated carbocycles. The maximum absolute atomic E-state index is 12.6. The van der Waals surface area contributed by atoms with Crippen molar-refractivity contribution in [1.29, 1.82) is 0 Å². The van der Waals surface area contributed by atoms with E-state index >= 15 is 0 Å². The minimum atomic E-state index is -4.75. The number of hydrogen-bond donors (Lipinski definition) is 1. The summed E-state index contributed by atoms with van der Waals surface area (Å²) in [5.41, 5.74) is 7.53. The molecule has 43 heavy (non-hydrogen) atoms. The highest BCUT2D eigenvalue weighted by Gasteiger charge is 2.31. The van der Waals surface area contributed by atoms with E-state index in [0.717, 1.165) is 33.6 Å². The second kappa shape index (κ2) is 12.1. The highest BCUT2D eigenvalue weighted by Crippen LogP contribution is 2.25. The van der Waals surface area contributed by atoms with Crippen LogP contribution in [-0.2, 0) is 0 Å². The summed E-state index contributed by atoms with van der Waals surface area (Å²) in [6.07, 6.45) is 0.00220. The minimum absolute atomic E-state index is 0.317. The maximum Gasteiger partial charge on any atom is 0.573 e. The van der Waals surface area contributed by atoms with Crippen molar-refractivity contribution in [3.05, 3.63) is 111 Å². The van der Waals surface area contributed by atoms with Crippen molar-refractivity contribution >= 4 is 23.4 Å². The van der Waals surface area contributed by atoms with Crippen LogP contribution in [0.5, 0.6) is 5.75 Å². The summed E-state index contributed by atoms with van der Waals surface area (Å²) in [4.78, 5) is 21.8. The van der Waals surface area contributed by atoms with Crippen molar-refractivity contribution in [3.63, 3.8) is 0 Å². The number of urea groups is 1. The van der Waals surface area contributed by atoms with Crippen LogP contribution in [-0.4, -0.2) is 31.7 Å². The highest BCUT2D eigenvalue weighted by atomic mass is 32.1. The van der Waals surface area contributed by atoms with Gasteiger partial charge >= 0.3 is 12.4 Å². The Balaban J connectivity index is 1.24. The molecule has 0 fully saturated rings. The summed E-state index contributed by atoms with van der Waals surface area (Å²) < 4.78 is 44.5. The van der Waals surface area contributed by atoms with Crippen LogP contribution in [0.25, 0.3) is 28.8 Å². The Morgan fingerprint density at radius 3 is 2.33 bits per heavy atom. The molecule has 1 N–H and O–H groups in total. The van der Waals surface area contributed by atoms with E-state index in [1.807, 2.05) is 41.1 Å². The monoisotopic (exact) mass is 604 g/mol. The normalized spacial score (nSPS) is 12.2. The lowest BCUT2D eigenvalue weighted by Crippen LogP contribution is -2.22. The first-order chi connectivity index (χ1) is 20.5. The first kappa shape index (κ1) is 29.5. The van der Waals surface area contributed by atoms with E-state index in [1.165, 1.54) is 58.4 Å². The minimum Gasteiger partial charge on any atom is -0.406 e. The van der Waals surface area contributed by atoms with Crippen molar-refractivity contribution in [2.45, 2.75) is 34.1 Å². The van der Waals surface area contributed by atoms with E-state index in [0.29, 0.717) is 16.3 Å². The van der Waals surface area contributed by atoms with Crippen LogP contribution in [0.1, 0.15) is 27.9 Å². The summed E-state index contributed by atoms with van der Waals surface area (Å²) in [5.74, 6) is 0.125. The van der Waals surface area contributed by atoms with Gasteiger partial charge in [-0.1, -0.05) is 42.0 Å². The number of aromatic nitrogens is 4. The van der Waals surface area contributed by atoms with Gasteiger partial charge in [0.25, 0.3) is 0 Å². The van der Waals surface area contributed by atoms with Gasteiger partial charge in [-0.05, 0) is 74.7 Å². The number of hydrogen-bond acceptors (Lipinski definition) is 5. The summed E-state index contributed by atoms with van der Waals surface area (Å²) in [7, 11) is 0. The third-order valence-electron chi connectivity index (χ3n) is 6.41. The molecule has 0 unspecified atom stereocenters. The fourth-order valence-corrected chi connectivity index (χ4v) is 5.52.